The number of sulfonamides is 1. The van der Waals surface area contributed by atoms with E-state index in [4.69, 9.17) is 9.15 Å². The largest absolute Gasteiger partial charge is 0.497 e. The van der Waals surface area contributed by atoms with Crippen molar-refractivity contribution in [3.05, 3.63) is 78.3 Å². The number of amides is 1. The Morgan fingerprint density at radius 1 is 1.03 bits per heavy atom. The summed E-state index contributed by atoms with van der Waals surface area (Å²) in [6, 6.07) is 17.7. The summed E-state index contributed by atoms with van der Waals surface area (Å²) in [6.07, 6.45) is 1.64. The van der Waals surface area contributed by atoms with Crippen LogP contribution in [0.5, 0.6) is 5.75 Å². The first-order chi connectivity index (χ1) is 17.3. The molecule has 1 saturated heterocycles. The quantitative estimate of drug-likeness (QED) is 0.471. The first-order valence-electron chi connectivity index (χ1n) is 11.8. The minimum atomic E-state index is -3.55. The van der Waals surface area contributed by atoms with Crippen LogP contribution in [0, 0.1) is 0 Å². The van der Waals surface area contributed by atoms with E-state index < -0.39 is 10.0 Å². The van der Waals surface area contributed by atoms with Crippen molar-refractivity contribution in [2.24, 2.45) is 0 Å². The molecule has 1 aromatic heterocycles. The number of piperazine rings is 1. The molecule has 10 heteroatoms. The number of ether oxygens (including phenoxy) is 1. The number of benzene rings is 2. The molecule has 192 valence electrons. The molecule has 1 aliphatic heterocycles. The molecule has 36 heavy (non-hydrogen) atoms. The molecular formula is C26H32N4O5S. The molecule has 0 spiro atoms. The molecule has 1 unspecified atom stereocenters. The fourth-order valence-corrected chi connectivity index (χ4v) is 5.16. The number of carbonyl (C=O) groups excluding carboxylic acids is 1. The number of nitrogens with zero attached hydrogens (tertiary/aromatic N) is 3. The van der Waals surface area contributed by atoms with Gasteiger partial charge >= 0.3 is 0 Å². The van der Waals surface area contributed by atoms with E-state index in [0.29, 0.717) is 12.1 Å². The summed E-state index contributed by atoms with van der Waals surface area (Å²) in [5, 5.41) is 2.99. The standard InChI is InChI=1S/C26H32N4O5S/c1-28(2)36(32,33)23-12-6-20(7-13-23)26(31)27-19-24(25-5-4-18-35-25)30-16-14-29(15-17-30)21-8-10-22(34-3)11-9-21/h4-13,18,24H,14-17,19H2,1-3H3,(H,27,31). The predicted molar refractivity (Wildman–Crippen MR) is 138 cm³/mol. The van der Waals surface area contributed by atoms with Crippen molar-refractivity contribution in [3.8, 4) is 5.75 Å². The van der Waals surface area contributed by atoms with E-state index in [1.807, 2.05) is 24.3 Å². The van der Waals surface area contributed by atoms with Crippen LogP contribution >= 0.6 is 0 Å². The van der Waals surface area contributed by atoms with E-state index >= 15 is 0 Å². The summed E-state index contributed by atoms with van der Waals surface area (Å²) >= 11 is 0. The summed E-state index contributed by atoms with van der Waals surface area (Å²) in [7, 11) is 1.06. The van der Waals surface area contributed by atoms with Gasteiger partial charge in [-0.05, 0) is 60.7 Å². The Balaban J connectivity index is 1.39. The zero-order valence-electron chi connectivity index (χ0n) is 20.8. The smallest absolute Gasteiger partial charge is 0.251 e. The Hall–Kier alpha value is -3.34. The normalized spacial score (nSPS) is 15.6. The number of hydrogen-bond acceptors (Lipinski definition) is 7. The lowest BCUT2D eigenvalue weighted by Gasteiger charge is -2.39. The second-order valence-electron chi connectivity index (χ2n) is 8.77. The molecule has 1 amide bonds. The van der Waals surface area contributed by atoms with E-state index in [1.165, 1.54) is 38.4 Å². The summed E-state index contributed by atoms with van der Waals surface area (Å²) in [4.78, 5) is 17.6. The van der Waals surface area contributed by atoms with Gasteiger partial charge in [-0.25, -0.2) is 12.7 Å². The van der Waals surface area contributed by atoms with Gasteiger partial charge < -0.3 is 19.4 Å². The van der Waals surface area contributed by atoms with Crippen LogP contribution in [0.3, 0.4) is 0 Å². The number of furan rings is 1. The van der Waals surface area contributed by atoms with Gasteiger partial charge in [0.15, 0.2) is 0 Å². The van der Waals surface area contributed by atoms with Crippen molar-refractivity contribution >= 4 is 21.6 Å². The van der Waals surface area contributed by atoms with Gasteiger partial charge in [-0.1, -0.05) is 0 Å². The molecule has 3 aromatic rings. The van der Waals surface area contributed by atoms with E-state index in [1.54, 1.807) is 13.4 Å². The second kappa shape index (κ2) is 11.2. The van der Waals surface area contributed by atoms with Crippen LogP contribution in [0.15, 0.2) is 76.2 Å². The third-order valence-electron chi connectivity index (χ3n) is 6.42. The molecule has 1 fully saturated rings. The third kappa shape index (κ3) is 5.72. The van der Waals surface area contributed by atoms with Crippen LogP contribution in [0.4, 0.5) is 5.69 Å². The highest BCUT2D eigenvalue weighted by Gasteiger charge is 2.28. The maximum absolute atomic E-state index is 12.8. The van der Waals surface area contributed by atoms with Gasteiger partial charge in [0.05, 0.1) is 24.3 Å². The Kier molecular flexibility index (Phi) is 7.97. The minimum absolute atomic E-state index is 0.115. The molecule has 1 N–H and O–H groups in total. The average Bonchev–Trinajstić information content (AvgIpc) is 3.44. The van der Waals surface area contributed by atoms with Crippen LogP contribution < -0.4 is 15.0 Å². The van der Waals surface area contributed by atoms with Crippen LogP contribution in [-0.4, -0.2) is 77.5 Å². The van der Waals surface area contributed by atoms with E-state index in [2.05, 4.69) is 27.2 Å². The highest BCUT2D eigenvalue weighted by molar-refractivity contribution is 7.89. The lowest BCUT2D eigenvalue weighted by Crippen LogP contribution is -2.49. The van der Waals surface area contributed by atoms with Crippen molar-refractivity contribution in [3.63, 3.8) is 0 Å². The first-order valence-corrected chi connectivity index (χ1v) is 13.2. The lowest BCUT2D eigenvalue weighted by atomic mass is 10.1. The Labute approximate surface area is 212 Å². The van der Waals surface area contributed by atoms with Crippen molar-refractivity contribution in [2.75, 3.05) is 58.8 Å². The van der Waals surface area contributed by atoms with Crippen molar-refractivity contribution < 1.29 is 22.4 Å². The topological polar surface area (TPSA) is 95.3 Å². The third-order valence-corrected chi connectivity index (χ3v) is 8.24. The molecule has 0 radical (unpaired) electrons. The predicted octanol–water partition coefficient (Wildman–Crippen LogP) is 2.83. The zero-order chi connectivity index (χ0) is 25.7. The Morgan fingerprint density at radius 3 is 2.25 bits per heavy atom. The SMILES string of the molecule is COc1ccc(N2CCN(C(CNC(=O)c3ccc(S(=O)(=O)N(C)C)cc3)c3ccco3)CC2)cc1. The van der Waals surface area contributed by atoms with E-state index in [0.717, 1.165) is 47.7 Å². The van der Waals surface area contributed by atoms with E-state index in [9.17, 15) is 13.2 Å². The number of carbonyl (C=O) groups is 1. The number of methoxy groups -OCH3 is 1. The molecule has 2 heterocycles. The maximum atomic E-state index is 12.8. The number of rotatable bonds is 9. The van der Waals surface area contributed by atoms with Crippen molar-refractivity contribution in [2.45, 2.75) is 10.9 Å². The highest BCUT2D eigenvalue weighted by atomic mass is 32.2. The van der Waals surface area contributed by atoms with Gasteiger partial charge in [0.1, 0.15) is 11.5 Å². The van der Waals surface area contributed by atoms with Crippen molar-refractivity contribution in [1.82, 2.24) is 14.5 Å². The molecule has 2 aromatic carbocycles. The fraction of sp³-hybridized carbons (Fsp3) is 0.346. The monoisotopic (exact) mass is 512 g/mol. The number of hydrogen-bond donors (Lipinski definition) is 1. The zero-order valence-corrected chi connectivity index (χ0v) is 21.6. The van der Waals surface area contributed by atoms with Crippen LogP contribution in [-0.2, 0) is 10.0 Å². The highest BCUT2D eigenvalue weighted by Crippen LogP contribution is 2.26. The second-order valence-corrected chi connectivity index (χ2v) is 10.9. The maximum Gasteiger partial charge on any atom is 0.251 e. The van der Waals surface area contributed by atoms with Crippen molar-refractivity contribution in [1.29, 1.82) is 0 Å². The molecule has 0 bridgehead atoms. The molecule has 0 aliphatic carbocycles. The molecule has 9 nitrogen and oxygen atoms in total. The van der Waals surface area contributed by atoms with E-state index in [-0.39, 0.29) is 16.8 Å². The Morgan fingerprint density at radius 2 is 1.69 bits per heavy atom. The van der Waals surface area contributed by atoms with Gasteiger partial charge in [-0.3, -0.25) is 9.69 Å². The van der Waals surface area contributed by atoms with Gasteiger partial charge in [-0.2, -0.15) is 0 Å². The summed E-state index contributed by atoms with van der Waals surface area (Å²) in [5.41, 5.74) is 1.55. The molecule has 1 atom stereocenters. The number of nitrogens with one attached hydrogen (secondary N) is 1. The van der Waals surface area contributed by atoms with Crippen LogP contribution in [0.1, 0.15) is 22.2 Å². The summed E-state index contributed by atoms with van der Waals surface area (Å²) in [5.74, 6) is 1.36. The molecular weight excluding hydrogens is 480 g/mol. The summed E-state index contributed by atoms with van der Waals surface area (Å²) < 4.78 is 36.7. The lowest BCUT2D eigenvalue weighted by molar-refractivity contribution is 0.0922. The fourth-order valence-electron chi connectivity index (χ4n) is 4.26. The average molecular weight is 513 g/mol. The van der Waals surface area contributed by atoms with Gasteiger partial charge in [0.2, 0.25) is 10.0 Å². The first kappa shape index (κ1) is 25.7. The van der Waals surface area contributed by atoms with Gasteiger partial charge in [0.25, 0.3) is 5.91 Å². The molecule has 1 aliphatic rings. The van der Waals surface area contributed by atoms with Gasteiger partial charge in [-0.15, -0.1) is 0 Å². The number of anilines is 1. The molecule has 4 rings (SSSR count). The summed E-state index contributed by atoms with van der Waals surface area (Å²) in [6.45, 7) is 3.68. The minimum Gasteiger partial charge on any atom is -0.497 e. The van der Waals surface area contributed by atoms with Gasteiger partial charge in [0, 0.05) is 58.1 Å². The van der Waals surface area contributed by atoms with Crippen LogP contribution in [0.25, 0.3) is 0 Å². The Bertz CT molecular complexity index is 1230. The van der Waals surface area contributed by atoms with Crippen LogP contribution in [0.2, 0.25) is 0 Å². The molecule has 0 saturated carbocycles.